The molecular formula is C19H20N6O3. The van der Waals surface area contributed by atoms with Crippen molar-refractivity contribution in [1.29, 1.82) is 0 Å². The summed E-state index contributed by atoms with van der Waals surface area (Å²) in [5.74, 6) is -0.210. The Balaban J connectivity index is 2.06. The lowest BCUT2D eigenvalue weighted by atomic mass is 10.1. The minimum atomic E-state index is -0.759. The Morgan fingerprint density at radius 3 is 2.54 bits per heavy atom. The fourth-order valence-electron chi connectivity index (χ4n) is 3.68. The van der Waals surface area contributed by atoms with E-state index in [0.29, 0.717) is 5.78 Å². The smallest absolute Gasteiger partial charge is 0.332 e. The number of amides is 1. The van der Waals surface area contributed by atoms with Gasteiger partial charge in [-0.05, 0) is 19.4 Å². The number of aryl methyl sites for hydroxylation is 2. The van der Waals surface area contributed by atoms with Crippen molar-refractivity contribution in [1.82, 2.24) is 23.1 Å². The van der Waals surface area contributed by atoms with E-state index in [1.54, 1.807) is 4.40 Å². The zero-order valence-corrected chi connectivity index (χ0v) is 15.8. The first-order valence-electron chi connectivity index (χ1n) is 8.84. The third-order valence-electron chi connectivity index (χ3n) is 5.05. The van der Waals surface area contributed by atoms with Gasteiger partial charge in [0.05, 0.1) is 6.04 Å². The molecule has 0 spiro atoms. The Morgan fingerprint density at radius 1 is 1.21 bits per heavy atom. The van der Waals surface area contributed by atoms with E-state index >= 15 is 0 Å². The second-order valence-electron chi connectivity index (χ2n) is 6.88. The maximum absolute atomic E-state index is 12.9. The number of benzene rings is 1. The highest BCUT2D eigenvalue weighted by atomic mass is 16.2. The Morgan fingerprint density at radius 2 is 1.89 bits per heavy atom. The van der Waals surface area contributed by atoms with Gasteiger partial charge >= 0.3 is 5.69 Å². The average molecular weight is 380 g/mol. The molecule has 0 bridgehead atoms. The average Bonchev–Trinajstić information content (AvgIpc) is 3.18. The minimum Gasteiger partial charge on any atom is -0.368 e. The zero-order chi connectivity index (χ0) is 20.2. The molecule has 0 radical (unpaired) electrons. The molecule has 9 nitrogen and oxygen atoms in total. The number of fused-ring (bicyclic) bond motifs is 3. The molecule has 0 unspecified atom stereocenters. The number of nitrogens with zero attached hydrogens (tertiary/aromatic N) is 5. The second-order valence-corrected chi connectivity index (χ2v) is 6.88. The topological polar surface area (TPSA) is 109 Å². The number of rotatable bonds is 4. The van der Waals surface area contributed by atoms with Gasteiger partial charge in [-0.15, -0.1) is 0 Å². The third-order valence-corrected chi connectivity index (χ3v) is 5.05. The fraction of sp³-hybridized carbons (Fsp3) is 0.263. The number of hydrogen-bond donors (Lipinski definition) is 1. The summed E-state index contributed by atoms with van der Waals surface area (Å²) in [6.07, 6.45) is 1.81. The standard InChI is InChI=1S/C19H20N6O3/c1-11-9-23-15-16(22(3)19(28)24(17(15)27)10-14(20)26)21-18(23)25(11)12(2)13-7-5-4-6-8-13/h4-9,12H,10H2,1-3H3,(H2,20,26)/t12-/m0/s1. The van der Waals surface area contributed by atoms with Gasteiger partial charge in [0.15, 0.2) is 11.2 Å². The van der Waals surface area contributed by atoms with Crippen molar-refractivity contribution in [3.63, 3.8) is 0 Å². The van der Waals surface area contributed by atoms with Crippen molar-refractivity contribution in [2.75, 3.05) is 0 Å². The van der Waals surface area contributed by atoms with Crippen molar-refractivity contribution < 1.29 is 4.79 Å². The summed E-state index contributed by atoms with van der Waals surface area (Å²) in [6.45, 7) is 3.50. The molecule has 0 saturated carbocycles. The molecule has 1 atom stereocenters. The molecular weight excluding hydrogens is 360 g/mol. The predicted molar refractivity (Wildman–Crippen MR) is 104 cm³/mol. The quantitative estimate of drug-likeness (QED) is 0.558. The van der Waals surface area contributed by atoms with Crippen LogP contribution < -0.4 is 17.0 Å². The third kappa shape index (κ3) is 2.47. The lowest BCUT2D eigenvalue weighted by molar-refractivity contribution is -0.118. The largest absolute Gasteiger partial charge is 0.368 e. The number of aromatic nitrogens is 5. The number of imidazole rings is 2. The second kappa shape index (κ2) is 6.22. The highest BCUT2D eigenvalue weighted by Crippen LogP contribution is 2.25. The summed E-state index contributed by atoms with van der Waals surface area (Å²) in [5, 5.41) is 0. The van der Waals surface area contributed by atoms with Gasteiger partial charge in [0.2, 0.25) is 11.7 Å². The molecule has 0 saturated heterocycles. The van der Waals surface area contributed by atoms with Gasteiger partial charge in [-0.1, -0.05) is 30.3 Å². The number of carbonyl (C=O) groups excluding carboxylic acids is 1. The van der Waals surface area contributed by atoms with E-state index in [2.05, 4.69) is 4.98 Å². The summed E-state index contributed by atoms with van der Waals surface area (Å²) in [7, 11) is 1.52. The first kappa shape index (κ1) is 17.8. The van der Waals surface area contributed by atoms with Gasteiger partial charge in [0, 0.05) is 18.9 Å². The summed E-state index contributed by atoms with van der Waals surface area (Å²) in [4.78, 5) is 41.3. The fourth-order valence-corrected chi connectivity index (χ4v) is 3.68. The van der Waals surface area contributed by atoms with E-state index in [-0.39, 0.29) is 17.2 Å². The Hall–Kier alpha value is -3.62. The van der Waals surface area contributed by atoms with E-state index in [1.165, 1.54) is 11.6 Å². The highest BCUT2D eigenvalue weighted by Gasteiger charge is 2.22. The van der Waals surface area contributed by atoms with Crippen LogP contribution in [0.3, 0.4) is 0 Å². The molecule has 0 aliphatic rings. The van der Waals surface area contributed by atoms with E-state index in [4.69, 9.17) is 5.73 Å². The molecule has 2 N–H and O–H groups in total. The van der Waals surface area contributed by atoms with Gasteiger partial charge in [0.25, 0.3) is 5.56 Å². The van der Waals surface area contributed by atoms with Crippen molar-refractivity contribution >= 4 is 22.8 Å². The van der Waals surface area contributed by atoms with Gasteiger partial charge in [-0.2, -0.15) is 4.98 Å². The lowest BCUT2D eigenvalue weighted by Crippen LogP contribution is -2.42. The number of carbonyl (C=O) groups is 1. The number of nitrogens with two attached hydrogens (primary N) is 1. The predicted octanol–water partition coefficient (Wildman–Crippen LogP) is 0.552. The Labute approximate surface area is 159 Å². The van der Waals surface area contributed by atoms with Crippen LogP contribution in [0.4, 0.5) is 0 Å². The Kier molecular flexibility index (Phi) is 3.95. The normalized spacial score (nSPS) is 12.7. The number of primary amides is 1. The van der Waals surface area contributed by atoms with Crippen LogP contribution in [0.1, 0.15) is 24.2 Å². The van der Waals surface area contributed by atoms with E-state index in [1.807, 2.05) is 54.9 Å². The molecule has 3 aromatic heterocycles. The number of hydrogen-bond acceptors (Lipinski definition) is 4. The van der Waals surface area contributed by atoms with Crippen molar-refractivity contribution in [3.8, 4) is 0 Å². The highest BCUT2D eigenvalue weighted by molar-refractivity contribution is 5.77. The van der Waals surface area contributed by atoms with Crippen molar-refractivity contribution in [2.24, 2.45) is 12.8 Å². The van der Waals surface area contributed by atoms with Crippen LogP contribution in [0.5, 0.6) is 0 Å². The van der Waals surface area contributed by atoms with E-state index in [9.17, 15) is 14.4 Å². The summed E-state index contributed by atoms with van der Waals surface area (Å²) >= 11 is 0. The maximum Gasteiger partial charge on any atom is 0.332 e. The monoisotopic (exact) mass is 380 g/mol. The molecule has 0 aliphatic heterocycles. The lowest BCUT2D eigenvalue weighted by Gasteiger charge is -2.16. The maximum atomic E-state index is 12.9. The SMILES string of the molecule is Cc1cn2c3c(=O)n(CC(N)=O)c(=O)n(C)c3nc2n1[C@@H](C)c1ccccc1. The summed E-state index contributed by atoms with van der Waals surface area (Å²) < 4.78 is 5.78. The van der Waals surface area contributed by atoms with Gasteiger partial charge in [-0.25, -0.2) is 9.36 Å². The van der Waals surface area contributed by atoms with Crippen molar-refractivity contribution in [2.45, 2.75) is 26.4 Å². The molecule has 0 fully saturated rings. The molecule has 4 rings (SSSR count). The zero-order valence-electron chi connectivity index (χ0n) is 15.8. The van der Waals surface area contributed by atoms with E-state index < -0.39 is 23.7 Å². The molecule has 4 aromatic rings. The first-order chi connectivity index (χ1) is 13.3. The van der Waals surface area contributed by atoms with Gasteiger partial charge in [-0.3, -0.25) is 18.6 Å². The molecule has 1 amide bonds. The Bertz CT molecular complexity index is 1340. The van der Waals surface area contributed by atoms with Crippen LogP contribution >= 0.6 is 0 Å². The molecule has 0 aliphatic carbocycles. The van der Waals surface area contributed by atoms with Crippen LogP contribution in [-0.2, 0) is 18.4 Å². The minimum absolute atomic E-state index is 0.0274. The van der Waals surface area contributed by atoms with Crippen LogP contribution in [0.15, 0.2) is 46.1 Å². The first-order valence-corrected chi connectivity index (χ1v) is 8.84. The summed E-state index contributed by atoms with van der Waals surface area (Å²) in [6, 6.07) is 9.92. The molecule has 28 heavy (non-hydrogen) atoms. The van der Waals surface area contributed by atoms with Crippen LogP contribution in [0.25, 0.3) is 16.9 Å². The van der Waals surface area contributed by atoms with Crippen LogP contribution in [-0.4, -0.2) is 29.0 Å². The van der Waals surface area contributed by atoms with Gasteiger partial charge < -0.3 is 10.3 Å². The van der Waals surface area contributed by atoms with Gasteiger partial charge in [0.1, 0.15) is 6.54 Å². The molecule has 9 heteroatoms. The van der Waals surface area contributed by atoms with E-state index in [0.717, 1.165) is 15.8 Å². The molecule has 144 valence electrons. The molecule has 1 aromatic carbocycles. The van der Waals surface area contributed by atoms with Crippen LogP contribution in [0, 0.1) is 6.92 Å². The summed E-state index contributed by atoms with van der Waals surface area (Å²) in [5.41, 5.74) is 6.49. The van der Waals surface area contributed by atoms with Crippen LogP contribution in [0.2, 0.25) is 0 Å². The van der Waals surface area contributed by atoms with Crippen molar-refractivity contribution in [3.05, 3.63) is 68.6 Å². The molecule has 3 heterocycles.